The second-order valence-electron chi connectivity index (χ2n) is 16.8. The third-order valence-corrected chi connectivity index (χ3v) is 14.3. The Labute approximate surface area is 381 Å². The third-order valence-electron chi connectivity index (χ3n) is 13.1. The lowest BCUT2D eigenvalue weighted by molar-refractivity contribution is 1.18. The average Bonchev–Trinajstić information content (AvgIpc) is 3.92. The second kappa shape index (κ2) is 15.2. The summed E-state index contributed by atoms with van der Waals surface area (Å²) in [6, 6.07) is 89.2. The van der Waals surface area contributed by atoms with Gasteiger partial charge in [0.15, 0.2) is 0 Å². The Balaban J connectivity index is 1.16. The molecular weight excluding hydrogens is 805 g/mol. The Hall–Kier alpha value is -8.24. The van der Waals surface area contributed by atoms with Gasteiger partial charge in [0.1, 0.15) is 0 Å². The quantitative estimate of drug-likeness (QED) is 0.145. The summed E-state index contributed by atoms with van der Waals surface area (Å²) < 4.78 is 5.01. The molecule has 0 saturated carbocycles. The van der Waals surface area contributed by atoms with Gasteiger partial charge in [0.05, 0.1) is 16.7 Å². The zero-order valence-corrected chi connectivity index (χ0v) is 36.2. The molecule has 0 bridgehead atoms. The lowest BCUT2D eigenvalue weighted by atomic mass is 9.86. The normalized spacial score (nSPS) is 11.7. The van der Waals surface area contributed by atoms with Crippen molar-refractivity contribution in [2.24, 2.45) is 0 Å². The molecule has 13 rings (SSSR count). The Morgan fingerprint density at radius 1 is 0.292 bits per heavy atom. The molecule has 0 fully saturated rings. The highest BCUT2D eigenvalue weighted by Gasteiger charge is 2.25. The average molecular weight is 845 g/mol. The first-order valence-electron chi connectivity index (χ1n) is 22.2. The minimum Gasteiger partial charge on any atom is -0.309 e. The van der Waals surface area contributed by atoms with E-state index in [9.17, 15) is 0 Å². The molecule has 0 amide bonds. The minimum absolute atomic E-state index is 1.09. The Morgan fingerprint density at radius 2 is 0.846 bits per heavy atom. The van der Waals surface area contributed by atoms with Crippen molar-refractivity contribution in [1.29, 1.82) is 0 Å². The number of hydrogen-bond acceptors (Lipinski definition) is 2. The predicted molar refractivity (Wildman–Crippen MR) is 280 cm³/mol. The highest BCUT2D eigenvalue weighted by atomic mass is 32.1. The molecule has 0 N–H and O–H groups in total. The van der Waals surface area contributed by atoms with Crippen molar-refractivity contribution >= 4 is 91.9 Å². The van der Waals surface area contributed by atoms with Crippen molar-refractivity contribution in [2.45, 2.75) is 0 Å². The molecule has 0 aliphatic carbocycles. The zero-order valence-electron chi connectivity index (χ0n) is 35.4. The summed E-state index contributed by atoms with van der Waals surface area (Å²) in [5.41, 5.74) is 14.1. The summed E-state index contributed by atoms with van der Waals surface area (Å²) in [4.78, 5) is 2.51. The van der Waals surface area contributed by atoms with Crippen LogP contribution in [0.3, 0.4) is 0 Å². The minimum atomic E-state index is 1.09. The fraction of sp³-hybridized carbons (Fsp3) is 0. The van der Waals surface area contributed by atoms with E-state index in [-0.39, 0.29) is 0 Å². The van der Waals surface area contributed by atoms with Crippen LogP contribution in [0.2, 0.25) is 0 Å². The lowest BCUT2D eigenvalue weighted by Gasteiger charge is -2.30. The monoisotopic (exact) mass is 844 g/mol. The van der Waals surface area contributed by atoms with Crippen LogP contribution in [0.15, 0.2) is 243 Å². The third kappa shape index (κ3) is 6.16. The molecule has 2 aromatic heterocycles. The van der Waals surface area contributed by atoms with Crippen LogP contribution in [0.25, 0.3) is 103 Å². The molecule has 2 heterocycles. The molecule has 0 atom stereocenters. The van der Waals surface area contributed by atoms with Crippen molar-refractivity contribution < 1.29 is 0 Å². The van der Waals surface area contributed by atoms with Crippen LogP contribution >= 0.6 is 11.3 Å². The number of rotatable bonds is 7. The molecule has 0 saturated heterocycles. The van der Waals surface area contributed by atoms with Crippen LogP contribution in [-0.2, 0) is 0 Å². The van der Waals surface area contributed by atoms with Crippen molar-refractivity contribution in [3.63, 3.8) is 0 Å². The molecule has 2 nitrogen and oxygen atoms in total. The predicted octanol–water partition coefficient (Wildman–Crippen LogP) is 17.9. The molecule has 0 spiro atoms. The topological polar surface area (TPSA) is 8.17 Å². The molecule has 0 aliphatic rings. The van der Waals surface area contributed by atoms with Gasteiger partial charge in [-0.05, 0) is 123 Å². The van der Waals surface area contributed by atoms with E-state index in [0.29, 0.717) is 0 Å². The molecule has 13 aromatic rings. The molecule has 0 unspecified atom stereocenters. The summed E-state index contributed by atoms with van der Waals surface area (Å²) >= 11 is 1.87. The van der Waals surface area contributed by atoms with Crippen molar-refractivity contribution in [1.82, 2.24) is 4.57 Å². The first-order valence-corrected chi connectivity index (χ1v) is 23.1. The maximum absolute atomic E-state index is 2.51. The fourth-order valence-electron chi connectivity index (χ4n) is 10.2. The van der Waals surface area contributed by atoms with E-state index in [2.05, 4.69) is 252 Å². The summed E-state index contributed by atoms with van der Waals surface area (Å²) in [6.45, 7) is 0. The number of benzene rings is 11. The molecule has 3 heteroatoms. The van der Waals surface area contributed by atoms with E-state index >= 15 is 0 Å². The van der Waals surface area contributed by atoms with Gasteiger partial charge in [-0.25, -0.2) is 0 Å². The van der Waals surface area contributed by atoms with Gasteiger partial charge in [-0.2, -0.15) is 0 Å². The highest BCUT2D eigenvalue weighted by Crippen LogP contribution is 2.51. The SMILES string of the molecule is c1ccc(-c2ccc3c(N(c4ccccc4)c4ccc5c(c4)c4ccccc4n5-c4ccccc4)c4cc(-c5ccccc5)ccc4c(-c4ccc5sc6ccccc6c5c4)c3c2)cc1. The smallest absolute Gasteiger partial charge is 0.0619 e. The summed E-state index contributed by atoms with van der Waals surface area (Å²) in [5.74, 6) is 0. The number of fused-ring (bicyclic) bond motifs is 8. The summed E-state index contributed by atoms with van der Waals surface area (Å²) in [6.07, 6.45) is 0. The number of nitrogens with zero attached hydrogens (tertiary/aromatic N) is 2. The first kappa shape index (κ1) is 37.3. The standard InChI is InChI=1S/C62H40N2S/c1-5-17-41(18-6-1)43-30-34-52-55(37-43)61(45-31-36-60-54(39-45)50-26-14-16-28-59(50)65-60)51-33-29-44(42-19-7-2-8-20-42)38-56(51)62(52)63(46-21-9-3-10-22-46)48-32-35-58-53(40-48)49-25-13-15-27-57(49)64(58)47-23-11-4-12-24-47/h1-40H. The Kier molecular flexibility index (Phi) is 8.75. The zero-order chi connectivity index (χ0) is 42.8. The molecular formula is C62H40N2S. The van der Waals surface area contributed by atoms with Gasteiger partial charge >= 0.3 is 0 Å². The van der Waals surface area contributed by atoms with E-state index in [1.807, 2.05) is 11.3 Å². The van der Waals surface area contributed by atoms with Gasteiger partial charge in [-0.1, -0.05) is 164 Å². The van der Waals surface area contributed by atoms with Crippen LogP contribution in [-0.4, -0.2) is 4.57 Å². The van der Waals surface area contributed by atoms with E-state index in [1.165, 1.54) is 96.9 Å². The van der Waals surface area contributed by atoms with Crippen molar-refractivity contribution in [3.8, 4) is 39.1 Å². The largest absolute Gasteiger partial charge is 0.309 e. The maximum Gasteiger partial charge on any atom is 0.0619 e. The number of hydrogen-bond donors (Lipinski definition) is 0. The Bertz CT molecular complexity index is 3930. The number of thiophene rings is 1. The Morgan fingerprint density at radius 3 is 1.58 bits per heavy atom. The van der Waals surface area contributed by atoms with E-state index in [1.54, 1.807) is 0 Å². The molecule has 304 valence electrons. The van der Waals surface area contributed by atoms with E-state index in [4.69, 9.17) is 0 Å². The molecule has 65 heavy (non-hydrogen) atoms. The summed E-state index contributed by atoms with van der Waals surface area (Å²) in [7, 11) is 0. The first-order chi connectivity index (χ1) is 32.2. The van der Waals surface area contributed by atoms with E-state index in [0.717, 1.165) is 22.7 Å². The van der Waals surface area contributed by atoms with Gasteiger partial charge in [0, 0.05) is 58.8 Å². The van der Waals surface area contributed by atoms with Gasteiger partial charge in [0.2, 0.25) is 0 Å². The van der Waals surface area contributed by atoms with Crippen molar-refractivity contribution in [2.75, 3.05) is 4.90 Å². The van der Waals surface area contributed by atoms with Gasteiger partial charge < -0.3 is 9.47 Å². The second-order valence-corrected chi connectivity index (χ2v) is 17.9. The maximum atomic E-state index is 2.51. The van der Waals surface area contributed by atoms with Gasteiger partial charge in [-0.15, -0.1) is 11.3 Å². The van der Waals surface area contributed by atoms with Crippen molar-refractivity contribution in [3.05, 3.63) is 243 Å². The van der Waals surface area contributed by atoms with Crippen LogP contribution < -0.4 is 4.90 Å². The molecule has 0 radical (unpaired) electrons. The lowest BCUT2D eigenvalue weighted by Crippen LogP contribution is -2.11. The van der Waals surface area contributed by atoms with Crippen LogP contribution in [0.1, 0.15) is 0 Å². The van der Waals surface area contributed by atoms with Gasteiger partial charge in [0.25, 0.3) is 0 Å². The highest BCUT2D eigenvalue weighted by molar-refractivity contribution is 7.25. The van der Waals surface area contributed by atoms with Crippen LogP contribution in [0.4, 0.5) is 17.1 Å². The molecule has 11 aromatic carbocycles. The van der Waals surface area contributed by atoms with Gasteiger partial charge in [-0.3, -0.25) is 0 Å². The summed E-state index contributed by atoms with van der Waals surface area (Å²) in [5, 5.41) is 9.82. The molecule has 0 aliphatic heterocycles. The number of anilines is 3. The van der Waals surface area contributed by atoms with Crippen LogP contribution in [0, 0.1) is 0 Å². The fourth-order valence-corrected chi connectivity index (χ4v) is 11.3. The van der Waals surface area contributed by atoms with Crippen LogP contribution in [0.5, 0.6) is 0 Å². The number of para-hydroxylation sites is 3. The van der Waals surface area contributed by atoms with E-state index < -0.39 is 0 Å². The number of aromatic nitrogens is 1.